The molecule has 1 aromatic heterocycles. The van der Waals surface area contributed by atoms with Gasteiger partial charge in [0.25, 0.3) is 5.91 Å². The molecule has 2 aromatic carbocycles. The minimum atomic E-state index is -0.116. The predicted octanol–water partition coefficient (Wildman–Crippen LogP) is 4.26. The van der Waals surface area contributed by atoms with Crippen LogP contribution in [0.4, 0.5) is 0 Å². The highest BCUT2D eigenvalue weighted by Gasteiger charge is 2.18. The molecule has 0 aliphatic heterocycles. The molecule has 0 aliphatic carbocycles. The summed E-state index contributed by atoms with van der Waals surface area (Å²) >= 11 is 0. The first-order valence-electron chi connectivity index (χ1n) is 9.19. The second-order valence-electron chi connectivity index (χ2n) is 6.48. The zero-order valence-corrected chi connectivity index (χ0v) is 16.1. The first-order valence-corrected chi connectivity index (χ1v) is 9.19. The number of benzene rings is 2. The van der Waals surface area contributed by atoms with Crippen LogP contribution in [-0.2, 0) is 11.4 Å². The normalized spacial score (nSPS) is 11.5. The molecular formula is C23H24N2O3. The van der Waals surface area contributed by atoms with E-state index in [1.54, 1.807) is 30.4 Å². The summed E-state index contributed by atoms with van der Waals surface area (Å²) in [7, 11) is 1.77. The summed E-state index contributed by atoms with van der Waals surface area (Å²) in [6.07, 6.45) is 3.48. The molecule has 28 heavy (non-hydrogen) atoms. The first-order chi connectivity index (χ1) is 13.6. The smallest absolute Gasteiger partial charge is 0.260 e. The third-order valence-corrected chi connectivity index (χ3v) is 4.58. The van der Waals surface area contributed by atoms with Gasteiger partial charge in [-0.15, -0.1) is 0 Å². The highest BCUT2D eigenvalue weighted by Crippen LogP contribution is 2.27. The Kier molecular flexibility index (Phi) is 6.63. The van der Waals surface area contributed by atoms with E-state index in [4.69, 9.17) is 9.47 Å². The van der Waals surface area contributed by atoms with Crippen molar-refractivity contribution in [2.75, 3.05) is 13.7 Å². The van der Waals surface area contributed by atoms with Crippen molar-refractivity contribution in [3.8, 4) is 11.5 Å². The molecular weight excluding hydrogens is 352 g/mol. The van der Waals surface area contributed by atoms with E-state index in [2.05, 4.69) is 4.98 Å². The third-order valence-electron chi connectivity index (χ3n) is 4.58. The largest absolute Gasteiger partial charge is 0.485 e. The fraction of sp³-hybridized carbons (Fsp3) is 0.217. The number of aromatic nitrogens is 1. The number of carbonyl (C=O) groups is 1. The van der Waals surface area contributed by atoms with Crippen molar-refractivity contribution in [1.29, 1.82) is 0 Å². The molecule has 0 spiro atoms. The fourth-order valence-corrected chi connectivity index (χ4v) is 2.73. The number of hydrogen-bond acceptors (Lipinski definition) is 4. The Balaban J connectivity index is 1.58. The zero-order chi connectivity index (χ0) is 19.8. The van der Waals surface area contributed by atoms with E-state index in [0.717, 1.165) is 11.1 Å². The van der Waals surface area contributed by atoms with Gasteiger partial charge in [0.2, 0.25) is 0 Å². The van der Waals surface area contributed by atoms with E-state index in [-0.39, 0.29) is 18.6 Å². The number of likely N-dealkylation sites (N-methyl/N-ethyl adjacent to an activating group) is 1. The Morgan fingerprint density at radius 3 is 2.32 bits per heavy atom. The van der Waals surface area contributed by atoms with Gasteiger partial charge in [0.05, 0.1) is 6.04 Å². The van der Waals surface area contributed by atoms with Gasteiger partial charge in [-0.25, -0.2) is 0 Å². The minimum Gasteiger partial charge on any atom is -0.485 e. The van der Waals surface area contributed by atoms with E-state index >= 15 is 0 Å². The third kappa shape index (κ3) is 5.10. The maximum Gasteiger partial charge on any atom is 0.260 e. The van der Waals surface area contributed by atoms with Gasteiger partial charge in [-0.05, 0) is 36.2 Å². The Morgan fingerprint density at radius 1 is 0.964 bits per heavy atom. The summed E-state index contributed by atoms with van der Waals surface area (Å²) in [6, 6.07) is 21.0. The Labute approximate surface area is 165 Å². The van der Waals surface area contributed by atoms with Crippen molar-refractivity contribution >= 4 is 5.91 Å². The number of carbonyl (C=O) groups excluding carboxylic acids is 1. The minimum absolute atomic E-state index is 0.0627. The molecule has 1 amide bonds. The van der Waals surface area contributed by atoms with Crippen LogP contribution in [0, 0.1) is 0 Å². The SMILES string of the molecule is CC(c1cccnc1)N(C)C(=O)COc1ccccc1OCc1ccccc1. The molecule has 3 aromatic rings. The van der Waals surface area contributed by atoms with Crippen LogP contribution in [0.2, 0.25) is 0 Å². The van der Waals surface area contributed by atoms with Gasteiger partial charge in [-0.3, -0.25) is 9.78 Å². The molecule has 1 unspecified atom stereocenters. The van der Waals surface area contributed by atoms with Crippen molar-refractivity contribution < 1.29 is 14.3 Å². The molecule has 5 heteroatoms. The van der Waals surface area contributed by atoms with Crippen LogP contribution in [0.3, 0.4) is 0 Å². The lowest BCUT2D eigenvalue weighted by Crippen LogP contribution is -2.33. The summed E-state index contributed by atoms with van der Waals surface area (Å²) < 4.78 is 11.6. The standard InChI is InChI=1S/C23H24N2O3/c1-18(20-11-8-14-24-15-20)25(2)23(26)17-28-22-13-7-6-12-21(22)27-16-19-9-4-3-5-10-19/h3-15,18H,16-17H2,1-2H3. The number of hydrogen-bond donors (Lipinski definition) is 0. The summed E-state index contributed by atoms with van der Waals surface area (Å²) in [6.45, 7) is 2.34. The molecule has 0 N–H and O–H groups in total. The zero-order valence-electron chi connectivity index (χ0n) is 16.1. The van der Waals surface area contributed by atoms with Gasteiger partial charge >= 0.3 is 0 Å². The average molecular weight is 376 g/mol. The molecule has 1 heterocycles. The second-order valence-corrected chi connectivity index (χ2v) is 6.48. The summed E-state index contributed by atoms with van der Waals surface area (Å²) in [5, 5.41) is 0. The number of para-hydroxylation sites is 2. The Morgan fingerprint density at radius 2 is 1.64 bits per heavy atom. The monoisotopic (exact) mass is 376 g/mol. The molecule has 144 valence electrons. The van der Waals surface area contributed by atoms with Crippen LogP contribution in [0.25, 0.3) is 0 Å². The molecule has 3 rings (SSSR count). The molecule has 5 nitrogen and oxygen atoms in total. The topological polar surface area (TPSA) is 51.7 Å². The number of ether oxygens (including phenoxy) is 2. The Hall–Kier alpha value is -3.34. The van der Waals surface area contributed by atoms with E-state index in [1.165, 1.54) is 0 Å². The van der Waals surface area contributed by atoms with Crippen molar-refractivity contribution in [3.63, 3.8) is 0 Å². The van der Waals surface area contributed by atoms with Crippen molar-refractivity contribution in [3.05, 3.63) is 90.3 Å². The van der Waals surface area contributed by atoms with Crippen LogP contribution < -0.4 is 9.47 Å². The Bertz CT molecular complexity index is 885. The average Bonchev–Trinajstić information content (AvgIpc) is 2.76. The molecule has 0 fully saturated rings. The lowest BCUT2D eigenvalue weighted by Gasteiger charge is -2.25. The van der Waals surface area contributed by atoms with Crippen LogP contribution in [0.15, 0.2) is 79.1 Å². The number of amides is 1. The van der Waals surface area contributed by atoms with E-state index < -0.39 is 0 Å². The summed E-state index contributed by atoms with van der Waals surface area (Å²) in [5.74, 6) is 1.05. The molecule has 0 radical (unpaired) electrons. The van der Waals surface area contributed by atoms with Crippen LogP contribution in [0.5, 0.6) is 11.5 Å². The van der Waals surface area contributed by atoms with Gasteiger partial charge in [0, 0.05) is 19.4 Å². The lowest BCUT2D eigenvalue weighted by molar-refractivity contribution is -0.134. The highest BCUT2D eigenvalue weighted by atomic mass is 16.5. The first kappa shape index (κ1) is 19.4. The maximum atomic E-state index is 12.6. The lowest BCUT2D eigenvalue weighted by atomic mass is 10.1. The van der Waals surface area contributed by atoms with Crippen molar-refractivity contribution in [2.45, 2.75) is 19.6 Å². The predicted molar refractivity (Wildman–Crippen MR) is 108 cm³/mol. The van der Waals surface area contributed by atoms with E-state index in [0.29, 0.717) is 18.1 Å². The number of nitrogens with zero attached hydrogens (tertiary/aromatic N) is 2. The van der Waals surface area contributed by atoms with E-state index in [9.17, 15) is 4.79 Å². The molecule has 0 aliphatic rings. The van der Waals surface area contributed by atoms with Gasteiger partial charge in [-0.1, -0.05) is 48.5 Å². The van der Waals surface area contributed by atoms with Gasteiger partial charge < -0.3 is 14.4 Å². The fourth-order valence-electron chi connectivity index (χ4n) is 2.73. The van der Waals surface area contributed by atoms with Gasteiger partial charge in [0.1, 0.15) is 6.61 Å². The molecule has 0 saturated heterocycles. The summed E-state index contributed by atoms with van der Waals surface area (Å²) in [4.78, 5) is 18.3. The van der Waals surface area contributed by atoms with E-state index in [1.807, 2.05) is 67.6 Å². The van der Waals surface area contributed by atoms with Gasteiger partial charge in [-0.2, -0.15) is 0 Å². The highest BCUT2D eigenvalue weighted by molar-refractivity contribution is 5.78. The number of rotatable bonds is 8. The molecule has 0 saturated carbocycles. The number of pyridine rings is 1. The molecule has 0 bridgehead atoms. The second kappa shape index (κ2) is 9.55. The summed E-state index contributed by atoms with van der Waals surface area (Å²) in [5.41, 5.74) is 2.04. The van der Waals surface area contributed by atoms with Crippen molar-refractivity contribution in [2.24, 2.45) is 0 Å². The molecule has 1 atom stereocenters. The van der Waals surface area contributed by atoms with Crippen LogP contribution >= 0.6 is 0 Å². The van der Waals surface area contributed by atoms with Crippen molar-refractivity contribution in [1.82, 2.24) is 9.88 Å². The van der Waals surface area contributed by atoms with Gasteiger partial charge in [0.15, 0.2) is 18.1 Å². The maximum absolute atomic E-state index is 12.6. The quantitative estimate of drug-likeness (QED) is 0.589. The van der Waals surface area contributed by atoms with Crippen LogP contribution in [0.1, 0.15) is 24.1 Å². The van der Waals surface area contributed by atoms with Crippen LogP contribution in [-0.4, -0.2) is 29.4 Å².